The van der Waals surface area contributed by atoms with Gasteiger partial charge >= 0.3 is 6.03 Å². The summed E-state index contributed by atoms with van der Waals surface area (Å²) >= 11 is 0. The summed E-state index contributed by atoms with van der Waals surface area (Å²) in [5.41, 5.74) is 1.16. The van der Waals surface area contributed by atoms with Gasteiger partial charge in [0.25, 0.3) is 0 Å². The van der Waals surface area contributed by atoms with Gasteiger partial charge in [0, 0.05) is 44.5 Å². The van der Waals surface area contributed by atoms with Crippen molar-refractivity contribution in [1.29, 1.82) is 0 Å². The number of benzene rings is 1. The van der Waals surface area contributed by atoms with E-state index in [1.807, 2.05) is 0 Å². The van der Waals surface area contributed by atoms with E-state index in [4.69, 9.17) is 0 Å². The van der Waals surface area contributed by atoms with Crippen LogP contribution in [0.1, 0.15) is 6.92 Å². The molecule has 1 aromatic rings. The number of amides is 3. The van der Waals surface area contributed by atoms with Crippen molar-refractivity contribution in [1.82, 2.24) is 9.21 Å². The fraction of sp³-hybridized carbons (Fsp3) is 0.429. The van der Waals surface area contributed by atoms with Crippen molar-refractivity contribution in [3.8, 4) is 0 Å². The van der Waals surface area contributed by atoms with Gasteiger partial charge in [0.05, 0.1) is 6.26 Å². The van der Waals surface area contributed by atoms with Crippen molar-refractivity contribution >= 4 is 33.3 Å². The second-order valence-corrected chi connectivity index (χ2v) is 7.32. The lowest BCUT2D eigenvalue weighted by molar-refractivity contribution is -0.114. The van der Waals surface area contributed by atoms with Crippen LogP contribution in [-0.4, -0.2) is 62.0 Å². The number of nitrogens with zero attached hydrogens (tertiary/aromatic N) is 2. The van der Waals surface area contributed by atoms with Gasteiger partial charge in [0.1, 0.15) is 0 Å². The first-order valence-electron chi connectivity index (χ1n) is 7.14. The topological polar surface area (TPSA) is 98.8 Å². The van der Waals surface area contributed by atoms with Crippen LogP contribution in [-0.2, 0) is 14.8 Å². The molecule has 1 aliphatic rings. The molecule has 1 heterocycles. The number of nitrogens with one attached hydrogen (secondary N) is 2. The molecule has 126 valence electrons. The molecule has 0 unspecified atom stereocenters. The molecule has 0 saturated carbocycles. The third kappa shape index (κ3) is 4.93. The molecule has 9 heteroatoms. The Morgan fingerprint density at radius 3 is 2.13 bits per heavy atom. The summed E-state index contributed by atoms with van der Waals surface area (Å²) in [6, 6.07) is 6.53. The number of anilines is 2. The number of sulfonamides is 1. The maximum Gasteiger partial charge on any atom is 0.321 e. The van der Waals surface area contributed by atoms with Crippen molar-refractivity contribution in [3.05, 3.63) is 24.3 Å². The molecule has 1 aliphatic heterocycles. The minimum Gasteiger partial charge on any atom is -0.326 e. The van der Waals surface area contributed by atoms with E-state index in [1.165, 1.54) is 11.2 Å². The van der Waals surface area contributed by atoms with Gasteiger partial charge in [0.15, 0.2) is 0 Å². The van der Waals surface area contributed by atoms with Crippen molar-refractivity contribution in [2.75, 3.05) is 43.1 Å². The minimum absolute atomic E-state index is 0.189. The largest absolute Gasteiger partial charge is 0.326 e. The smallest absolute Gasteiger partial charge is 0.321 e. The van der Waals surface area contributed by atoms with Gasteiger partial charge in [0.2, 0.25) is 15.9 Å². The van der Waals surface area contributed by atoms with E-state index >= 15 is 0 Å². The Morgan fingerprint density at radius 2 is 1.61 bits per heavy atom. The Bertz CT molecular complexity index is 696. The average Bonchev–Trinajstić information content (AvgIpc) is 2.46. The van der Waals surface area contributed by atoms with Crippen LogP contribution in [0.5, 0.6) is 0 Å². The summed E-state index contributed by atoms with van der Waals surface area (Å²) in [7, 11) is -3.22. The zero-order chi connectivity index (χ0) is 17.0. The van der Waals surface area contributed by atoms with Gasteiger partial charge in [-0.1, -0.05) is 6.07 Å². The van der Waals surface area contributed by atoms with Gasteiger partial charge in [-0.2, -0.15) is 4.31 Å². The van der Waals surface area contributed by atoms with Gasteiger partial charge in [-0.15, -0.1) is 0 Å². The molecule has 0 aliphatic carbocycles. The monoisotopic (exact) mass is 340 g/mol. The van der Waals surface area contributed by atoms with Crippen molar-refractivity contribution < 1.29 is 18.0 Å². The highest BCUT2D eigenvalue weighted by Gasteiger charge is 2.25. The van der Waals surface area contributed by atoms with Gasteiger partial charge in [-0.05, 0) is 18.2 Å². The molecule has 2 N–H and O–H groups in total. The molecule has 0 radical (unpaired) electrons. The highest BCUT2D eigenvalue weighted by atomic mass is 32.2. The number of hydrogen-bond acceptors (Lipinski definition) is 4. The first-order valence-corrected chi connectivity index (χ1v) is 8.99. The summed E-state index contributed by atoms with van der Waals surface area (Å²) in [4.78, 5) is 24.8. The summed E-state index contributed by atoms with van der Waals surface area (Å²) in [6.45, 7) is 2.66. The molecule has 0 aromatic heterocycles. The van der Waals surface area contributed by atoms with E-state index in [0.29, 0.717) is 24.5 Å². The maximum atomic E-state index is 12.2. The molecule has 1 saturated heterocycles. The van der Waals surface area contributed by atoms with Crippen LogP contribution in [0, 0.1) is 0 Å². The summed E-state index contributed by atoms with van der Waals surface area (Å²) in [5.74, 6) is -0.189. The zero-order valence-electron chi connectivity index (χ0n) is 13.1. The zero-order valence-corrected chi connectivity index (χ0v) is 13.9. The molecule has 0 spiro atoms. The first-order chi connectivity index (χ1) is 10.8. The fourth-order valence-corrected chi connectivity index (χ4v) is 3.13. The van der Waals surface area contributed by atoms with Crippen LogP contribution in [0.25, 0.3) is 0 Å². The van der Waals surface area contributed by atoms with Crippen LogP contribution < -0.4 is 10.6 Å². The molecule has 8 nitrogen and oxygen atoms in total. The Labute approximate surface area is 135 Å². The second kappa shape index (κ2) is 6.97. The van der Waals surface area contributed by atoms with Gasteiger partial charge in [-0.3, -0.25) is 4.79 Å². The number of urea groups is 1. The van der Waals surface area contributed by atoms with Crippen molar-refractivity contribution in [2.45, 2.75) is 6.92 Å². The van der Waals surface area contributed by atoms with Gasteiger partial charge in [-0.25, -0.2) is 13.2 Å². The quantitative estimate of drug-likeness (QED) is 0.848. The highest BCUT2D eigenvalue weighted by Crippen LogP contribution is 2.16. The molecule has 1 aromatic carbocycles. The normalized spacial score (nSPS) is 16.0. The predicted octanol–water partition coefficient (Wildman–Crippen LogP) is 0.754. The van der Waals surface area contributed by atoms with E-state index in [1.54, 1.807) is 29.2 Å². The van der Waals surface area contributed by atoms with E-state index in [-0.39, 0.29) is 25.0 Å². The van der Waals surface area contributed by atoms with Crippen LogP contribution in [0.4, 0.5) is 16.2 Å². The Kier molecular flexibility index (Phi) is 5.22. The summed E-state index contributed by atoms with van der Waals surface area (Å²) in [6.07, 6.45) is 1.16. The average molecular weight is 340 g/mol. The standard InChI is InChI=1S/C14H20N4O4S/c1-11(19)15-12-4-3-5-13(10-12)16-14(20)17-6-8-18(9-7-17)23(2,21)22/h3-5,10H,6-9H2,1-2H3,(H,15,19)(H,16,20). The Morgan fingerprint density at radius 1 is 1.04 bits per heavy atom. The number of hydrogen-bond donors (Lipinski definition) is 2. The van der Waals surface area contributed by atoms with Crippen molar-refractivity contribution in [3.63, 3.8) is 0 Å². The third-order valence-electron chi connectivity index (χ3n) is 3.43. The lowest BCUT2D eigenvalue weighted by Crippen LogP contribution is -2.51. The summed E-state index contributed by atoms with van der Waals surface area (Å²) < 4.78 is 24.3. The first kappa shape index (κ1) is 17.2. The Hall–Kier alpha value is -2.13. The van der Waals surface area contributed by atoms with Crippen LogP contribution in [0.15, 0.2) is 24.3 Å². The molecule has 0 bridgehead atoms. The molecule has 23 heavy (non-hydrogen) atoms. The Balaban J connectivity index is 1.94. The summed E-state index contributed by atoms with van der Waals surface area (Å²) in [5, 5.41) is 5.39. The van der Waals surface area contributed by atoms with Gasteiger partial charge < -0.3 is 15.5 Å². The third-order valence-corrected chi connectivity index (χ3v) is 4.73. The van der Waals surface area contributed by atoms with Crippen LogP contribution in [0.2, 0.25) is 0 Å². The molecule has 3 amide bonds. The SMILES string of the molecule is CC(=O)Nc1cccc(NC(=O)N2CCN(S(C)(=O)=O)CC2)c1. The van der Waals surface area contributed by atoms with E-state index in [0.717, 1.165) is 6.26 Å². The van der Waals surface area contributed by atoms with Crippen LogP contribution in [0.3, 0.4) is 0 Å². The lowest BCUT2D eigenvalue weighted by atomic mass is 10.2. The number of piperazine rings is 1. The number of carbonyl (C=O) groups is 2. The maximum absolute atomic E-state index is 12.2. The second-order valence-electron chi connectivity index (χ2n) is 5.34. The number of rotatable bonds is 3. The minimum atomic E-state index is -3.22. The van der Waals surface area contributed by atoms with Crippen LogP contribution >= 0.6 is 0 Å². The molecule has 2 rings (SSSR count). The lowest BCUT2D eigenvalue weighted by Gasteiger charge is -2.33. The fourth-order valence-electron chi connectivity index (χ4n) is 2.30. The van der Waals surface area contributed by atoms with E-state index in [9.17, 15) is 18.0 Å². The molecule has 1 fully saturated rings. The number of carbonyl (C=O) groups excluding carboxylic acids is 2. The predicted molar refractivity (Wildman–Crippen MR) is 87.8 cm³/mol. The van der Waals surface area contributed by atoms with E-state index < -0.39 is 10.0 Å². The highest BCUT2D eigenvalue weighted by molar-refractivity contribution is 7.88. The van der Waals surface area contributed by atoms with Crippen molar-refractivity contribution in [2.24, 2.45) is 0 Å². The molecular formula is C14H20N4O4S. The van der Waals surface area contributed by atoms with E-state index in [2.05, 4.69) is 10.6 Å². The molecular weight excluding hydrogens is 320 g/mol. The molecule has 0 atom stereocenters.